The smallest absolute Gasteiger partial charge is 0.274 e. The van der Waals surface area contributed by atoms with Crippen LogP contribution in [0.1, 0.15) is 35.6 Å². The van der Waals surface area contributed by atoms with Gasteiger partial charge in [0.1, 0.15) is 17.3 Å². The van der Waals surface area contributed by atoms with E-state index >= 15 is 0 Å². The molecule has 1 N–H and O–H groups in total. The first-order chi connectivity index (χ1) is 11.1. The number of halogens is 1. The van der Waals surface area contributed by atoms with Gasteiger partial charge in [0.15, 0.2) is 0 Å². The van der Waals surface area contributed by atoms with Gasteiger partial charge < -0.3 is 10.2 Å². The van der Waals surface area contributed by atoms with Gasteiger partial charge in [-0.1, -0.05) is 12.1 Å². The van der Waals surface area contributed by atoms with Crippen molar-refractivity contribution in [1.29, 1.82) is 0 Å². The Balaban J connectivity index is 1.83. The number of amides is 1. The predicted octanol–water partition coefficient (Wildman–Crippen LogP) is 3.79. The summed E-state index contributed by atoms with van der Waals surface area (Å²) in [5.74, 6) is 1.24. The molecule has 1 aromatic carbocycles. The fourth-order valence-electron chi connectivity index (χ4n) is 2.70. The average molecular weight is 375 g/mol. The molecule has 0 saturated carbocycles. The number of carbonyl (C=O) groups is 1. The second kappa shape index (κ2) is 7.08. The van der Waals surface area contributed by atoms with Crippen molar-refractivity contribution in [2.75, 3.05) is 23.3 Å². The van der Waals surface area contributed by atoms with Crippen LogP contribution in [0, 0.1) is 6.92 Å². The van der Waals surface area contributed by atoms with E-state index in [9.17, 15) is 4.79 Å². The van der Waals surface area contributed by atoms with Gasteiger partial charge in [0.2, 0.25) is 0 Å². The van der Waals surface area contributed by atoms with Crippen molar-refractivity contribution in [2.45, 2.75) is 26.2 Å². The highest BCUT2D eigenvalue weighted by Crippen LogP contribution is 2.23. The Morgan fingerprint density at radius 3 is 2.65 bits per heavy atom. The fourth-order valence-corrected chi connectivity index (χ4v) is 3.09. The molecule has 0 aliphatic carbocycles. The molecule has 1 amide bonds. The van der Waals surface area contributed by atoms with E-state index in [0.717, 1.165) is 29.1 Å². The highest BCUT2D eigenvalue weighted by molar-refractivity contribution is 9.10. The standard InChI is InChI=1S/C17H19BrN4O/c1-12-19-15(11-16(20-12)22-9-5-2-6-10-22)17(23)21-14-8-4-3-7-13(14)18/h3-4,7-8,11H,2,5-6,9-10H2,1H3,(H,21,23). The maximum atomic E-state index is 12.5. The summed E-state index contributed by atoms with van der Waals surface area (Å²) in [5, 5.41) is 2.89. The Morgan fingerprint density at radius 2 is 1.91 bits per heavy atom. The summed E-state index contributed by atoms with van der Waals surface area (Å²) in [6.07, 6.45) is 3.60. The van der Waals surface area contributed by atoms with Gasteiger partial charge in [-0.15, -0.1) is 0 Å². The quantitative estimate of drug-likeness (QED) is 0.887. The van der Waals surface area contributed by atoms with Crippen LogP contribution >= 0.6 is 15.9 Å². The third-order valence-corrected chi connectivity index (χ3v) is 4.55. The Bertz CT molecular complexity index is 713. The summed E-state index contributed by atoms with van der Waals surface area (Å²) < 4.78 is 0.843. The van der Waals surface area contributed by atoms with Crippen LogP contribution in [-0.4, -0.2) is 29.0 Å². The van der Waals surface area contributed by atoms with E-state index in [-0.39, 0.29) is 5.91 Å². The van der Waals surface area contributed by atoms with E-state index in [1.54, 1.807) is 6.07 Å². The van der Waals surface area contributed by atoms with E-state index < -0.39 is 0 Å². The largest absolute Gasteiger partial charge is 0.356 e. The first-order valence-electron chi connectivity index (χ1n) is 7.80. The molecule has 0 radical (unpaired) electrons. The number of benzene rings is 1. The van der Waals surface area contributed by atoms with Crippen molar-refractivity contribution in [1.82, 2.24) is 9.97 Å². The highest BCUT2D eigenvalue weighted by atomic mass is 79.9. The lowest BCUT2D eigenvalue weighted by Crippen LogP contribution is -2.31. The molecule has 1 aliphatic heterocycles. The molecule has 2 heterocycles. The van der Waals surface area contributed by atoms with E-state index in [2.05, 4.69) is 36.1 Å². The summed E-state index contributed by atoms with van der Waals surface area (Å²) in [6, 6.07) is 9.31. The third kappa shape index (κ3) is 3.88. The minimum Gasteiger partial charge on any atom is -0.356 e. The molecule has 3 rings (SSSR count). The number of aryl methyl sites for hydroxylation is 1. The number of anilines is 2. The summed E-state index contributed by atoms with van der Waals surface area (Å²) in [5.41, 5.74) is 1.13. The molecule has 0 atom stereocenters. The second-order valence-corrected chi connectivity index (χ2v) is 6.49. The minimum atomic E-state index is -0.222. The van der Waals surface area contributed by atoms with E-state index in [1.807, 2.05) is 31.2 Å². The summed E-state index contributed by atoms with van der Waals surface area (Å²) in [7, 11) is 0. The fraction of sp³-hybridized carbons (Fsp3) is 0.353. The van der Waals surface area contributed by atoms with Crippen LogP contribution < -0.4 is 10.2 Å². The Labute approximate surface area is 144 Å². The Hall–Kier alpha value is -1.95. The molecule has 23 heavy (non-hydrogen) atoms. The monoisotopic (exact) mass is 374 g/mol. The number of hydrogen-bond acceptors (Lipinski definition) is 4. The number of hydrogen-bond donors (Lipinski definition) is 1. The molecular weight excluding hydrogens is 356 g/mol. The first-order valence-corrected chi connectivity index (χ1v) is 8.59. The SMILES string of the molecule is Cc1nc(C(=O)Nc2ccccc2Br)cc(N2CCCCC2)n1. The van der Waals surface area contributed by atoms with Gasteiger partial charge in [-0.3, -0.25) is 4.79 Å². The number of nitrogens with one attached hydrogen (secondary N) is 1. The molecular formula is C17H19BrN4O. The maximum Gasteiger partial charge on any atom is 0.274 e. The normalized spacial score (nSPS) is 14.6. The van der Waals surface area contributed by atoms with Crippen LogP contribution in [0.15, 0.2) is 34.8 Å². The number of aromatic nitrogens is 2. The van der Waals surface area contributed by atoms with E-state index in [1.165, 1.54) is 19.3 Å². The van der Waals surface area contributed by atoms with Crippen LogP contribution in [0.25, 0.3) is 0 Å². The lowest BCUT2D eigenvalue weighted by molar-refractivity contribution is 0.102. The predicted molar refractivity (Wildman–Crippen MR) is 94.9 cm³/mol. The molecule has 0 spiro atoms. The van der Waals surface area contributed by atoms with Crippen molar-refractivity contribution >= 4 is 33.3 Å². The van der Waals surface area contributed by atoms with Gasteiger partial charge >= 0.3 is 0 Å². The van der Waals surface area contributed by atoms with Gasteiger partial charge in [-0.2, -0.15) is 0 Å². The molecule has 120 valence electrons. The molecule has 1 saturated heterocycles. The van der Waals surface area contributed by atoms with Crippen molar-refractivity contribution in [3.8, 4) is 0 Å². The molecule has 2 aromatic rings. The lowest BCUT2D eigenvalue weighted by Gasteiger charge is -2.28. The van der Waals surface area contributed by atoms with E-state index in [4.69, 9.17) is 0 Å². The molecule has 0 unspecified atom stereocenters. The number of para-hydroxylation sites is 1. The van der Waals surface area contributed by atoms with E-state index in [0.29, 0.717) is 11.5 Å². The highest BCUT2D eigenvalue weighted by Gasteiger charge is 2.17. The molecule has 0 bridgehead atoms. The van der Waals surface area contributed by atoms with Gasteiger partial charge in [-0.25, -0.2) is 9.97 Å². The number of nitrogens with zero attached hydrogens (tertiary/aromatic N) is 3. The topological polar surface area (TPSA) is 58.1 Å². The van der Waals surface area contributed by atoms with Crippen LogP contribution in [0.3, 0.4) is 0 Å². The van der Waals surface area contributed by atoms with Gasteiger partial charge in [0.25, 0.3) is 5.91 Å². The number of rotatable bonds is 3. The molecule has 6 heteroatoms. The van der Waals surface area contributed by atoms with Gasteiger partial charge in [0.05, 0.1) is 5.69 Å². The van der Waals surface area contributed by atoms with Gasteiger partial charge in [0, 0.05) is 23.6 Å². The zero-order chi connectivity index (χ0) is 16.2. The van der Waals surface area contributed by atoms with Crippen molar-refractivity contribution < 1.29 is 4.79 Å². The average Bonchev–Trinajstić information content (AvgIpc) is 2.57. The van der Waals surface area contributed by atoms with Gasteiger partial charge in [-0.05, 0) is 54.2 Å². The minimum absolute atomic E-state index is 0.222. The summed E-state index contributed by atoms with van der Waals surface area (Å²) in [6.45, 7) is 3.80. The maximum absolute atomic E-state index is 12.5. The zero-order valence-corrected chi connectivity index (χ0v) is 14.6. The molecule has 5 nitrogen and oxygen atoms in total. The number of piperidine rings is 1. The molecule has 1 fully saturated rings. The van der Waals surface area contributed by atoms with Crippen molar-refractivity contribution in [2.24, 2.45) is 0 Å². The second-order valence-electron chi connectivity index (χ2n) is 5.64. The van der Waals surface area contributed by atoms with Crippen LogP contribution in [0.5, 0.6) is 0 Å². The summed E-state index contributed by atoms with van der Waals surface area (Å²) in [4.78, 5) is 23.5. The van der Waals surface area contributed by atoms with Crippen LogP contribution in [0.2, 0.25) is 0 Å². The number of carbonyl (C=O) groups excluding carboxylic acids is 1. The Kier molecular flexibility index (Phi) is 4.91. The first kappa shape index (κ1) is 15.9. The Morgan fingerprint density at radius 1 is 1.17 bits per heavy atom. The van der Waals surface area contributed by atoms with Crippen LogP contribution in [0.4, 0.5) is 11.5 Å². The summed E-state index contributed by atoms with van der Waals surface area (Å²) >= 11 is 3.43. The molecule has 1 aliphatic rings. The van der Waals surface area contributed by atoms with Crippen molar-refractivity contribution in [3.63, 3.8) is 0 Å². The zero-order valence-electron chi connectivity index (χ0n) is 13.1. The van der Waals surface area contributed by atoms with Crippen molar-refractivity contribution in [3.05, 3.63) is 46.3 Å². The third-order valence-electron chi connectivity index (χ3n) is 3.86. The lowest BCUT2D eigenvalue weighted by atomic mass is 10.1. The molecule has 1 aromatic heterocycles. The van der Waals surface area contributed by atoms with Crippen LogP contribution in [-0.2, 0) is 0 Å².